The Kier molecular flexibility index (Phi) is 4.00. The molecule has 1 aliphatic rings. The van der Waals surface area contributed by atoms with E-state index in [2.05, 4.69) is 10.2 Å². The highest BCUT2D eigenvalue weighted by atomic mass is 16.5. The quantitative estimate of drug-likeness (QED) is 0.554. The zero-order valence-electron chi connectivity index (χ0n) is 14.0. The van der Waals surface area contributed by atoms with Crippen LogP contribution < -0.4 is 5.56 Å². The summed E-state index contributed by atoms with van der Waals surface area (Å²) in [4.78, 5) is 49.7. The average molecular weight is 363 g/mol. The first-order valence-corrected chi connectivity index (χ1v) is 8.17. The van der Waals surface area contributed by atoms with E-state index in [1.165, 1.54) is 0 Å². The van der Waals surface area contributed by atoms with Crippen LogP contribution in [0.25, 0.3) is 10.8 Å². The van der Waals surface area contributed by atoms with Crippen LogP contribution in [0.15, 0.2) is 53.3 Å². The van der Waals surface area contributed by atoms with Gasteiger partial charge in [-0.25, -0.2) is 9.89 Å². The molecule has 1 aliphatic heterocycles. The third kappa shape index (κ3) is 2.77. The monoisotopic (exact) mass is 363 g/mol. The SMILES string of the molecule is O=C(OCCN1C(=O)c2ccccc2C1=O)c1n[nH]c(=O)c2ccccc12. The minimum absolute atomic E-state index is 0.0347. The summed E-state index contributed by atoms with van der Waals surface area (Å²) in [5, 5.41) is 6.70. The minimum Gasteiger partial charge on any atom is -0.459 e. The second-order valence-corrected chi connectivity index (χ2v) is 5.89. The van der Waals surface area contributed by atoms with Gasteiger partial charge in [-0.2, -0.15) is 5.10 Å². The van der Waals surface area contributed by atoms with Crippen LogP contribution in [0.2, 0.25) is 0 Å². The zero-order chi connectivity index (χ0) is 19.0. The van der Waals surface area contributed by atoms with E-state index < -0.39 is 23.3 Å². The van der Waals surface area contributed by atoms with Crippen molar-refractivity contribution in [2.75, 3.05) is 13.2 Å². The molecule has 8 nitrogen and oxygen atoms in total. The Morgan fingerprint density at radius 2 is 1.52 bits per heavy atom. The number of carbonyl (C=O) groups excluding carboxylic acids is 3. The maximum atomic E-state index is 12.3. The highest BCUT2D eigenvalue weighted by molar-refractivity contribution is 6.21. The summed E-state index contributed by atoms with van der Waals surface area (Å²) in [6, 6.07) is 13.1. The fourth-order valence-electron chi connectivity index (χ4n) is 3.01. The summed E-state index contributed by atoms with van der Waals surface area (Å²) in [5.41, 5.74) is 0.227. The Hall–Kier alpha value is -3.81. The van der Waals surface area contributed by atoms with E-state index in [1.54, 1.807) is 48.5 Å². The normalized spacial score (nSPS) is 13.1. The third-order valence-electron chi connectivity index (χ3n) is 4.32. The maximum absolute atomic E-state index is 12.3. The second-order valence-electron chi connectivity index (χ2n) is 5.89. The molecule has 0 saturated carbocycles. The van der Waals surface area contributed by atoms with Gasteiger partial charge in [0.25, 0.3) is 17.4 Å². The van der Waals surface area contributed by atoms with Gasteiger partial charge in [-0.05, 0) is 18.2 Å². The second kappa shape index (κ2) is 6.49. The molecule has 1 aromatic heterocycles. The molecule has 0 radical (unpaired) electrons. The number of fused-ring (bicyclic) bond motifs is 2. The van der Waals surface area contributed by atoms with Crippen molar-refractivity contribution in [3.8, 4) is 0 Å². The van der Waals surface area contributed by atoms with E-state index in [-0.39, 0.29) is 18.8 Å². The van der Waals surface area contributed by atoms with E-state index in [0.29, 0.717) is 21.9 Å². The fraction of sp³-hybridized carbons (Fsp3) is 0.105. The van der Waals surface area contributed by atoms with Crippen molar-refractivity contribution in [3.63, 3.8) is 0 Å². The molecule has 0 atom stereocenters. The van der Waals surface area contributed by atoms with Gasteiger partial charge in [-0.1, -0.05) is 30.3 Å². The molecule has 0 fully saturated rings. The van der Waals surface area contributed by atoms with Crippen molar-refractivity contribution in [2.24, 2.45) is 0 Å². The molecule has 0 spiro atoms. The smallest absolute Gasteiger partial charge is 0.359 e. The lowest BCUT2D eigenvalue weighted by molar-refractivity contribution is 0.0416. The van der Waals surface area contributed by atoms with Crippen molar-refractivity contribution < 1.29 is 19.1 Å². The van der Waals surface area contributed by atoms with Crippen LogP contribution in [0.3, 0.4) is 0 Å². The number of carbonyl (C=O) groups is 3. The van der Waals surface area contributed by atoms with Crippen LogP contribution in [-0.4, -0.2) is 46.0 Å². The van der Waals surface area contributed by atoms with E-state index in [9.17, 15) is 19.2 Å². The van der Waals surface area contributed by atoms with E-state index in [1.807, 2.05) is 0 Å². The van der Waals surface area contributed by atoms with E-state index in [4.69, 9.17) is 4.74 Å². The van der Waals surface area contributed by atoms with Gasteiger partial charge in [0.1, 0.15) is 6.61 Å². The van der Waals surface area contributed by atoms with Gasteiger partial charge >= 0.3 is 5.97 Å². The lowest BCUT2D eigenvalue weighted by atomic mass is 10.1. The van der Waals surface area contributed by atoms with Crippen LogP contribution >= 0.6 is 0 Å². The van der Waals surface area contributed by atoms with Gasteiger partial charge in [-0.3, -0.25) is 19.3 Å². The fourth-order valence-corrected chi connectivity index (χ4v) is 3.01. The number of hydrogen-bond donors (Lipinski definition) is 1. The highest BCUT2D eigenvalue weighted by Gasteiger charge is 2.34. The Morgan fingerprint density at radius 3 is 2.19 bits per heavy atom. The van der Waals surface area contributed by atoms with Gasteiger partial charge in [0.05, 0.1) is 23.1 Å². The molecule has 27 heavy (non-hydrogen) atoms. The van der Waals surface area contributed by atoms with Gasteiger partial charge in [0.2, 0.25) is 0 Å². The first kappa shape index (κ1) is 16.6. The molecule has 134 valence electrons. The predicted octanol–water partition coefficient (Wildman–Crippen LogP) is 1.38. The molecule has 8 heteroatoms. The molecule has 2 aromatic carbocycles. The topological polar surface area (TPSA) is 109 Å². The molecule has 2 heterocycles. The summed E-state index contributed by atoms with van der Waals surface area (Å²) >= 11 is 0. The molecule has 0 unspecified atom stereocenters. The van der Waals surface area contributed by atoms with Crippen LogP contribution in [0.4, 0.5) is 0 Å². The number of H-pyrrole nitrogens is 1. The molecule has 2 amide bonds. The molecular weight excluding hydrogens is 350 g/mol. The number of nitrogens with one attached hydrogen (secondary N) is 1. The first-order chi connectivity index (χ1) is 13.1. The number of hydrogen-bond acceptors (Lipinski definition) is 6. The number of amides is 2. The Balaban J connectivity index is 1.47. The third-order valence-corrected chi connectivity index (χ3v) is 4.32. The lowest BCUT2D eigenvalue weighted by Gasteiger charge is -2.13. The number of esters is 1. The average Bonchev–Trinajstić information content (AvgIpc) is 2.93. The van der Waals surface area contributed by atoms with Gasteiger partial charge in [-0.15, -0.1) is 0 Å². The molecule has 3 aromatic rings. The largest absolute Gasteiger partial charge is 0.459 e. The van der Waals surface area contributed by atoms with Crippen molar-refractivity contribution in [1.82, 2.24) is 15.1 Å². The van der Waals surface area contributed by atoms with Crippen LogP contribution in [0.5, 0.6) is 0 Å². The summed E-state index contributed by atoms with van der Waals surface area (Å²) in [6.45, 7) is -0.251. The van der Waals surface area contributed by atoms with Crippen molar-refractivity contribution in [2.45, 2.75) is 0 Å². The van der Waals surface area contributed by atoms with E-state index >= 15 is 0 Å². The van der Waals surface area contributed by atoms with Crippen LogP contribution in [0, 0.1) is 0 Å². The summed E-state index contributed by atoms with van der Waals surface area (Å²) in [6.07, 6.45) is 0. The molecule has 1 N–H and O–H groups in total. The summed E-state index contributed by atoms with van der Waals surface area (Å²) in [7, 11) is 0. The summed E-state index contributed by atoms with van der Waals surface area (Å²) < 4.78 is 5.16. The number of aromatic nitrogens is 2. The standard InChI is InChI=1S/C19H13N3O5/c23-16-12-6-2-1-5-11(12)15(20-21-16)19(26)27-10-9-22-17(24)13-7-3-4-8-14(13)18(22)25/h1-8H,9-10H2,(H,21,23). The van der Waals surface area contributed by atoms with Crippen molar-refractivity contribution in [1.29, 1.82) is 0 Å². The molecule has 4 rings (SSSR count). The van der Waals surface area contributed by atoms with Gasteiger partial charge in [0.15, 0.2) is 5.69 Å². The van der Waals surface area contributed by atoms with Crippen LogP contribution in [-0.2, 0) is 4.74 Å². The number of aromatic amines is 1. The lowest BCUT2D eigenvalue weighted by Crippen LogP contribution is -2.33. The summed E-state index contributed by atoms with van der Waals surface area (Å²) in [5.74, 6) is -1.59. The first-order valence-electron chi connectivity index (χ1n) is 8.17. The zero-order valence-corrected chi connectivity index (χ0v) is 14.0. The number of nitrogens with zero attached hydrogens (tertiary/aromatic N) is 2. The maximum Gasteiger partial charge on any atom is 0.359 e. The molecule has 0 saturated heterocycles. The number of benzene rings is 2. The van der Waals surface area contributed by atoms with Gasteiger partial charge < -0.3 is 4.74 Å². The molecule has 0 aliphatic carbocycles. The van der Waals surface area contributed by atoms with Gasteiger partial charge in [0, 0.05) is 5.39 Å². The van der Waals surface area contributed by atoms with E-state index in [0.717, 1.165) is 4.90 Å². The molecular formula is C19H13N3O5. The Labute approximate surface area is 152 Å². The van der Waals surface area contributed by atoms with Crippen LogP contribution in [0.1, 0.15) is 31.2 Å². The number of imide groups is 1. The molecule has 0 bridgehead atoms. The Morgan fingerprint density at radius 1 is 0.926 bits per heavy atom. The van der Waals surface area contributed by atoms with Crippen molar-refractivity contribution >= 4 is 28.6 Å². The number of ether oxygens (including phenoxy) is 1. The highest BCUT2D eigenvalue weighted by Crippen LogP contribution is 2.22. The minimum atomic E-state index is -0.751. The van der Waals surface area contributed by atoms with Crippen molar-refractivity contribution in [3.05, 3.63) is 75.7 Å². The predicted molar refractivity (Wildman–Crippen MR) is 94.5 cm³/mol. The Bertz CT molecular complexity index is 1120. The number of rotatable bonds is 4.